The third-order valence-electron chi connectivity index (χ3n) is 7.10. The molecule has 5 rings (SSSR count). The molecule has 0 spiro atoms. The zero-order chi connectivity index (χ0) is 31.1. The van der Waals surface area contributed by atoms with E-state index in [1.165, 1.54) is 6.92 Å². The first-order valence-electron chi connectivity index (χ1n) is 14.1. The van der Waals surface area contributed by atoms with Gasteiger partial charge in [0, 0.05) is 36.4 Å². The largest absolute Gasteiger partial charge is 0.489 e. The van der Waals surface area contributed by atoms with Gasteiger partial charge in [0.2, 0.25) is 0 Å². The third kappa shape index (κ3) is 6.66. The second kappa shape index (κ2) is 13.5. The Morgan fingerprint density at radius 2 is 1.64 bits per heavy atom. The van der Waals surface area contributed by atoms with Crippen molar-refractivity contribution < 1.29 is 23.9 Å². The first-order valence-corrected chi connectivity index (χ1v) is 14.1. The normalized spacial score (nSPS) is 14.1. The molecule has 9 nitrogen and oxygen atoms in total. The fourth-order valence-corrected chi connectivity index (χ4v) is 4.81. The minimum atomic E-state index is -0.665. The molecule has 0 fully saturated rings. The molecular weight excluding hydrogens is 556 g/mol. The van der Waals surface area contributed by atoms with E-state index < -0.39 is 17.8 Å². The number of carbonyl (C=O) groups excluding carboxylic acids is 3. The first-order chi connectivity index (χ1) is 21.4. The van der Waals surface area contributed by atoms with Crippen molar-refractivity contribution in [1.29, 1.82) is 5.26 Å². The van der Waals surface area contributed by atoms with Crippen LogP contribution in [0.5, 0.6) is 5.75 Å². The SMILES string of the molecule is CC(=O)OCCCN1C(=O)C(C#N)=C(C)/C(=C\c2cn(-c3ccccc3)nc2-c2ccc(OCc3ccccc3)cc2)C1=O. The molecule has 0 bridgehead atoms. The Morgan fingerprint density at radius 3 is 2.30 bits per heavy atom. The summed E-state index contributed by atoms with van der Waals surface area (Å²) in [5.41, 5.74) is 4.30. The van der Waals surface area contributed by atoms with E-state index in [-0.39, 0.29) is 30.7 Å². The zero-order valence-electron chi connectivity index (χ0n) is 24.4. The van der Waals surface area contributed by atoms with Crippen LogP contribution in [0.2, 0.25) is 0 Å². The number of para-hydroxylation sites is 1. The van der Waals surface area contributed by atoms with Gasteiger partial charge in [-0.25, -0.2) is 4.68 Å². The van der Waals surface area contributed by atoms with Crippen LogP contribution in [0, 0.1) is 11.3 Å². The highest BCUT2D eigenvalue weighted by Crippen LogP contribution is 2.32. The summed E-state index contributed by atoms with van der Waals surface area (Å²) in [5, 5.41) is 14.7. The van der Waals surface area contributed by atoms with Gasteiger partial charge in [0.15, 0.2) is 0 Å². The number of hydrogen-bond acceptors (Lipinski definition) is 7. The first kappa shape index (κ1) is 29.7. The second-order valence-corrected chi connectivity index (χ2v) is 10.1. The highest BCUT2D eigenvalue weighted by Gasteiger charge is 2.35. The Labute approximate surface area is 255 Å². The number of benzene rings is 3. The van der Waals surface area contributed by atoms with Crippen LogP contribution in [-0.2, 0) is 25.7 Å². The summed E-state index contributed by atoms with van der Waals surface area (Å²) in [5.74, 6) is -0.949. The lowest BCUT2D eigenvalue weighted by Gasteiger charge is -2.27. The molecule has 1 aliphatic rings. The average Bonchev–Trinajstić information content (AvgIpc) is 3.47. The van der Waals surface area contributed by atoms with Crippen LogP contribution in [-0.4, -0.2) is 45.6 Å². The van der Waals surface area contributed by atoms with Gasteiger partial charge in [0.25, 0.3) is 11.8 Å². The number of hydrogen-bond donors (Lipinski definition) is 0. The Bertz CT molecular complexity index is 1780. The van der Waals surface area contributed by atoms with Crippen LogP contribution in [0.25, 0.3) is 23.0 Å². The molecule has 4 aromatic rings. The molecule has 1 aliphatic heterocycles. The summed E-state index contributed by atoms with van der Waals surface area (Å²) in [6, 6.07) is 28.9. The van der Waals surface area contributed by atoms with E-state index in [0.717, 1.165) is 21.7 Å². The van der Waals surface area contributed by atoms with E-state index in [9.17, 15) is 19.6 Å². The summed E-state index contributed by atoms with van der Waals surface area (Å²) < 4.78 is 12.6. The lowest BCUT2D eigenvalue weighted by Crippen LogP contribution is -2.43. The van der Waals surface area contributed by atoms with E-state index in [0.29, 0.717) is 29.2 Å². The van der Waals surface area contributed by atoms with Crippen molar-refractivity contribution in [3.8, 4) is 28.8 Å². The van der Waals surface area contributed by atoms with Crippen LogP contribution in [0.4, 0.5) is 0 Å². The maximum absolute atomic E-state index is 13.6. The van der Waals surface area contributed by atoms with Gasteiger partial charge in [0.05, 0.1) is 18.0 Å². The van der Waals surface area contributed by atoms with Gasteiger partial charge in [-0.1, -0.05) is 48.5 Å². The smallest absolute Gasteiger partial charge is 0.302 e. The number of esters is 1. The van der Waals surface area contributed by atoms with Crippen molar-refractivity contribution in [2.45, 2.75) is 26.9 Å². The molecule has 1 aromatic heterocycles. The zero-order valence-corrected chi connectivity index (χ0v) is 24.4. The lowest BCUT2D eigenvalue weighted by atomic mass is 9.93. The van der Waals surface area contributed by atoms with Crippen molar-refractivity contribution in [3.63, 3.8) is 0 Å². The molecule has 0 saturated carbocycles. The van der Waals surface area contributed by atoms with Gasteiger partial charge >= 0.3 is 5.97 Å². The molecular formula is C35H30N4O5. The van der Waals surface area contributed by atoms with E-state index in [1.54, 1.807) is 17.7 Å². The number of aromatic nitrogens is 2. The molecule has 2 heterocycles. The summed E-state index contributed by atoms with van der Waals surface area (Å²) in [7, 11) is 0. The Morgan fingerprint density at radius 1 is 0.955 bits per heavy atom. The van der Waals surface area contributed by atoms with Crippen molar-refractivity contribution in [2.75, 3.05) is 13.2 Å². The highest BCUT2D eigenvalue weighted by atomic mass is 16.5. The van der Waals surface area contributed by atoms with Crippen molar-refractivity contribution in [1.82, 2.24) is 14.7 Å². The monoisotopic (exact) mass is 586 g/mol. The van der Waals surface area contributed by atoms with Gasteiger partial charge in [-0.15, -0.1) is 0 Å². The predicted octanol–water partition coefficient (Wildman–Crippen LogP) is 5.66. The van der Waals surface area contributed by atoms with Gasteiger partial charge in [-0.3, -0.25) is 19.3 Å². The number of carbonyl (C=O) groups is 3. The molecule has 3 aromatic carbocycles. The molecule has 0 aliphatic carbocycles. The number of ether oxygens (including phenoxy) is 2. The second-order valence-electron chi connectivity index (χ2n) is 10.1. The number of nitriles is 1. The fourth-order valence-electron chi connectivity index (χ4n) is 4.81. The van der Waals surface area contributed by atoms with Crippen LogP contribution >= 0.6 is 0 Å². The lowest BCUT2D eigenvalue weighted by molar-refractivity contribution is -0.141. The van der Waals surface area contributed by atoms with Crippen LogP contribution in [0.1, 0.15) is 31.4 Å². The predicted molar refractivity (Wildman–Crippen MR) is 164 cm³/mol. The minimum absolute atomic E-state index is 0.00131. The summed E-state index contributed by atoms with van der Waals surface area (Å²) in [4.78, 5) is 38.8. The number of imide groups is 1. The average molecular weight is 587 g/mol. The third-order valence-corrected chi connectivity index (χ3v) is 7.10. The summed E-state index contributed by atoms with van der Waals surface area (Å²) in [6.45, 7) is 3.37. The summed E-state index contributed by atoms with van der Waals surface area (Å²) >= 11 is 0. The van der Waals surface area contributed by atoms with E-state index in [2.05, 4.69) is 0 Å². The van der Waals surface area contributed by atoms with Gasteiger partial charge < -0.3 is 9.47 Å². The molecule has 2 amide bonds. The molecule has 0 radical (unpaired) electrons. The highest BCUT2D eigenvalue weighted by molar-refractivity contribution is 6.19. The number of amides is 2. The molecule has 0 unspecified atom stereocenters. The molecule has 9 heteroatoms. The maximum atomic E-state index is 13.6. The van der Waals surface area contributed by atoms with Crippen LogP contribution < -0.4 is 4.74 Å². The van der Waals surface area contributed by atoms with Gasteiger partial charge in [-0.05, 0) is 67.0 Å². The minimum Gasteiger partial charge on any atom is -0.489 e. The fraction of sp³-hybridized carbons (Fsp3) is 0.171. The summed E-state index contributed by atoms with van der Waals surface area (Å²) in [6.07, 6.45) is 3.73. The van der Waals surface area contributed by atoms with Crippen LogP contribution in [0.3, 0.4) is 0 Å². The van der Waals surface area contributed by atoms with Crippen molar-refractivity contribution in [2.24, 2.45) is 0 Å². The molecule has 0 saturated heterocycles. The van der Waals surface area contributed by atoms with E-state index >= 15 is 0 Å². The van der Waals surface area contributed by atoms with Gasteiger partial charge in [0.1, 0.15) is 24.0 Å². The van der Waals surface area contributed by atoms with Gasteiger partial charge in [-0.2, -0.15) is 10.4 Å². The molecule has 0 N–H and O–H groups in total. The van der Waals surface area contributed by atoms with Crippen molar-refractivity contribution >= 4 is 23.9 Å². The molecule has 220 valence electrons. The Balaban J connectivity index is 1.50. The number of rotatable bonds is 10. The van der Waals surface area contributed by atoms with E-state index in [4.69, 9.17) is 14.6 Å². The quantitative estimate of drug-likeness (QED) is 0.102. The Hall–Kier alpha value is -5.75. The molecule has 0 atom stereocenters. The van der Waals surface area contributed by atoms with Crippen molar-refractivity contribution in [3.05, 3.63) is 119 Å². The van der Waals surface area contributed by atoms with E-state index in [1.807, 2.05) is 97.2 Å². The Kier molecular flexibility index (Phi) is 9.11. The number of nitrogens with zero attached hydrogens (tertiary/aromatic N) is 4. The molecule has 44 heavy (non-hydrogen) atoms. The standard InChI is InChI=1S/C35H30N4O5/c1-24-31(34(41)38(35(42)32(24)21-36)18-9-19-43-25(2)40)20-28-22-39(29-12-7-4-8-13-29)37-33(28)27-14-16-30(17-15-27)44-23-26-10-5-3-6-11-26/h3-8,10-17,20,22H,9,18-19,23H2,1-2H3/b31-20+. The maximum Gasteiger partial charge on any atom is 0.302 e. The topological polar surface area (TPSA) is 115 Å². The van der Waals surface area contributed by atoms with Crippen LogP contribution in [0.15, 0.2) is 108 Å².